The normalized spacial score (nSPS) is 45.3. The van der Waals surface area contributed by atoms with Crippen LogP contribution >= 0.6 is 0 Å². The van der Waals surface area contributed by atoms with E-state index in [9.17, 15) is 9.59 Å². The molecule has 9 heteroatoms. The van der Waals surface area contributed by atoms with Crippen molar-refractivity contribution in [3.05, 3.63) is 11.6 Å². The monoisotopic (exact) mass is 545 g/mol. The molecule has 9 nitrogen and oxygen atoms in total. The Labute approximate surface area is 232 Å². The minimum absolute atomic E-state index is 0.0272. The lowest BCUT2D eigenvalue weighted by Gasteiger charge is -2.42. The number of hydrogen-bond acceptors (Lipinski definition) is 7. The second-order valence-corrected chi connectivity index (χ2v) is 13.3. The van der Waals surface area contributed by atoms with Gasteiger partial charge < -0.3 is 34.1 Å². The number of allylic oxidation sites excluding steroid dienone is 1. The Balaban J connectivity index is 1.09. The zero-order valence-electron chi connectivity index (χ0n) is 24.3. The van der Waals surface area contributed by atoms with Crippen molar-refractivity contribution in [3.8, 4) is 0 Å². The summed E-state index contributed by atoms with van der Waals surface area (Å²) in [4.78, 5) is 31.2. The van der Waals surface area contributed by atoms with E-state index in [1.807, 2.05) is 4.90 Å². The molecule has 10 atom stereocenters. The minimum Gasteiger partial charge on any atom is -0.443 e. The molecule has 6 rings (SSSR count). The van der Waals surface area contributed by atoms with Crippen molar-refractivity contribution in [2.75, 3.05) is 33.4 Å². The van der Waals surface area contributed by atoms with Gasteiger partial charge in [0.1, 0.15) is 29.5 Å². The van der Waals surface area contributed by atoms with Crippen LogP contribution in [0.2, 0.25) is 0 Å². The number of amides is 2. The number of carbonyl (C=O) groups excluding carboxylic acids is 2. The fraction of sp³-hybridized carbons (Fsp3) is 0.867. The highest BCUT2D eigenvalue weighted by molar-refractivity contribution is 5.88. The molecular weight excluding hydrogens is 498 g/mol. The molecule has 39 heavy (non-hydrogen) atoms. The van der Waals surface area contributed by atoms with Gasteiger partial charge >= 0.3 is 6.09 Å². The Bertz CT molecular complexity index is 989. The molecule has 0 aromatic heterocycles. The number of fused-ring (bicyclic) bond motifs is 1. The Morgan fingerprint density at radius 2 is 1.95 bits per heavy atom. The van der Waals surface area contributed by atoms with E-state index in [1.165, 1.54) is 31.5 Å². The molecule has 0 radical (unpaired) electrons. The third kappa shape index (κ3) is 4.91. The van der Waals surface area contributed by atoms with E-state index < -0.39 is 18.2 Å². The van der Waals surface area contributed by atoms with E-state index in [-0.39, 0.29) is 47.2 Å². The Morgan fingerprint density at radius 1 is 1.21 bits per heavy atom. The van der Waals surface area contributed by atoms with Crippen molar-refractivity contribution < 1.29 is 28.5 Å². The van der Waals surface area contributed by atoms with Crippen LogP contribution in [0.5, 0.6) is 0 Å². The lowest BCUT2D eigenvalue weighted by atomic mass is 9.68. The molecular formula is C30H47N3O6. The van der Waals surface area contributed by atoms with Gasteiger partial charge in [0.2, 0.25) is 5.91 Å². The number of epoxide rings is 2. The smallest absolute Gasteiger partial charge is 0.408 e. The van der Waals surface area contributed by atoms with Crippen LogP contribution in [0.15, 0.2) is 11.6 Å². The summed E-state index contributed by atoms with van der Waals surface area (Å²) < 4.78 is 24.4. The molecule has 5 aliphatic heterocycles. The third-order valence-corrected chi connectivity index (χ3v) is 10.7. The zero-order valence-corrected chi connectivity index (χ0v) is 24.3. The first-order chi connectivity index (χ1) is 18.7. The van der Waals surface area contributed by atoms with Crippen LogP contribution in [0.25, 0.3) is 0 Å². The first-order valence-electron chi connectivity index (χ1n) is 15.2. The van der Waals surface area contributed by atoms with Crippen molar-refractivity contribution in [2.24, 2.45) is 11.8 Å². The third-order valence-electron chi connectivity index (χ3n) is 10.7. The maximum absolute atomic E-state index is 13.3. The van der Waals surface area contributed by atoms with Crippen molar-refractivity contribution in [1.82, 2.24) is 15.1 Å². The summed E-state index contributed by atoms with van der Waals surface area (Å²) >= 11 is 0. The number of likely N-dealkylation sites (tertiary alicyclic amines) is 1. The van der Waals surface area contributed by atoms with Gasteiger partial charge in [-0.05, 0) is 78.8 Å². The number of nitrogens with one attached hydrogen (secondary N) is 1. The molecule has 5 heterocycles. The molecule has 0 aromatic rings. The van der Waals surface area contributed by atoms with Crippen LogP contribution in [0, 0.1) is 11.8 Å². The Hall–Kier alpha value is -1.68. The van der Waals surface area contributed by atoms with Gasteiger partial charge in [-0.1, -0.05) is 18.6 Å². The number of alkyl carbamates (subject to hydrolysis) is 1. The van der Waals surface area contributed by atoms with E-state index in [0.29, 0.717) is 19.1 Å². The highest BCUT2D eigenvalue weighted by atomic mass is 16.6. The number of rotatable bonds is 7. The molecule has 218 valence electrons. The lowest BCUT2D eigenvalue weighted by molar-refractivity contribution is -0.132. The second-order valence-electron chi connectivity index (χ2n) is 13.3. The number of nitrogens with zero attached hydrogens (tertiary/aromatic N) is 2. The standard InChI is InChI=1S/C30H47N3O6/c1-18(2)8-9-23-29(4,39-23)26-25(36-5)22(10-12-30(26)17-37-30)38-28(35)31-24-19(3)21-16-20(32-13-6-7-14-32)11-15-33(21)27(24)34/h8,19-26H,6-7,9-17H2,1-5H3,(H,31,35)/t19?,20?,21?,22-,23-,24-,25-,26-,29+,30+/m1/s1. The van der Waals surface area contributed by atoms with Gasteiger partial charge in [0, 0.05) is 31.7 Å². The Kier molecular flexibility index (Phi) is 7.26. The van der Waals surface area contributed by atoms with Gasteiger partial charge in [0.05, 0.1) is 18.6 Å². The summed E-state index contributed by atoms with van der Waals surface area (Å²) in [5, 5.41) is 2.97. The van der Waals surface area contributed by atoms with Gasteiger partial charge in [-0.2, -0.15) is 0 Å². The zero-order chi connectivity index (χ0) is 27.5. The molecule has 1 spiro atoms. The molecule has 6 aliphatic rings. The minimum atomic E-state index is -0.545. The first-order valence-corrected chi connectivity index (χ1v) is 15.2. The summed E-state index contributed by atoms with van der Waals surface area (Å²) in [6, 6.07) is 0.167. The fourth-order valence-electron chi connectivity index (χ4n) is 8.38. The maximum Gasteiger partial charge on any atom is 0.408 e. The van der Waals surface area contributed by atoms with E-state index in [2.05, 4.69) is 44.0 Å². The van der Waals surface area contributed by atoms with Gasteiger partial charge in [0.25, 0.3) is 0 Å². The predicted molar refractivity (Wildman–Crippen MR) is 145 cm³/mol. The van der Waals surface area contributed by atoms with Crippen LogP contribution in [-0.2, 0) is 23.7 Å². The fourth-order valence-corrected chi connectivity index (χ4v) is 8.38. The molecule has 0 bridgehead atoms. The number of hydrogen-bond donors (Lipinski definition) is 1. The Morgan fingerprint density at radius 3 is 2.62 bits per heavy atom. The van der Waals surface area contributed by atoms with E-state index in [4.69, 9.17) is 18.9 Å². The average Bonchev–Trinajstić information content (AvgIpc) is 3.71. The molecule has 1 aliphatic carbocycles. The van der Waals surface area contributed by atoms with E-state index >= 15 is 0 Å². The first kappa shape index (κ1) is 27.5. The number of piperidine rings is 1. The maximum atomic E-state index is 13.3. The summed E-state index contributed by atoms with van der Waals surface area (Å²) in [5.41, 5.74) is 0.622. The molecule has 1 saturated carbocycles. The number of methoxy groups -OCH3 is 1. The molecule has 1 N–H and O–H groups in total. The highest BCUT2D eigenvalue weighted by Gasteiger charge is 2.72. The second kappa shape index (κ2) is 10.3. The van der Waals surface area contributed by atoms with Gasteiger partial charge in [-0.15, -0.1) is 0 Å². The van der Waals surface area contributed by atoms with Gasteiger partial charge in [-0.25, -0.2) is 4.79 Å². The van der Waals surface area contributed by atoms with Crippen molar-refractivity contribution >= 4 is 12.0 Å². The topological polar surface area (TPSA) is 96.2 Å². The average molecular weight is 546 g/mol. The van der Waals surface area contributed by atoms with Crippen LogP contribution in [-0.4, -0.2) is 103 Å². The molecule has 3 unspecified atom stereocenters. The van der Waals surface area contributed by atoms with Crippen LogP contribution < -0.4 is 5.32 Å². The molecule has 6 fully saturated rings. The highest BCUT2D eigenvalue weighted by Crippen LogP contribution is 2.59. The summed E-state index contributed by atoms with van der Waals surface area (Å²) in [7, 11) is 1.68. The lowest BCUT2D eigenvalue weighted by Crippen LogP contribution is -2.56. The van der Waals surface area contributed by atoms with E-state index in [0.717, 1.165) is 32.2 Å². The van der Waals surface area contributed by atoms with Crippen molar-refractivity contribution in [1.29, 1.82) is 0 Å². The number of carbonyl (C=O) groups is 2. The molecule has 5 saturated heterocycles. The summed E-state index contributed by atoms with van der Waals surface area (Å²) in [6.45, 7) is 12.2. The van der Waals surface area contributed by atoms with E-state index in [1.54, 1.807) is 7.11 Å². The number of ether oxygens (including phenoxy) is 4. The van der Waals surface area contributed by atoms with Crippen molar-refractivity contribution in [3.63, 3.8) is 0 Å². The largest absolute Gasteiger partial charge is 0.443 e. The van der Waals surface area contributed by atoms with Gasteiger partial charge in [-0.3, -0.25) is 4.79 Å². The predicted octanol–water partition coefficient (Wildman–Crippen LogP) is 3.26. The van der Waals surface area contributed by atoms with Gasteiger partial charge in [0.15, 0.2) is 0 Å². The summed E-state index contributed by atoms with van der Waals surface area (Å²) in [6.07, 6.45) is 7.90. The summed E-state index contributed by atoms with van der Waals surface area (Å²) in [5.74, 6) is 0.0478. The quantitative estimate of drug-likeness (QED) is 0.388. The molecule has 2 amide bonds. The SMILES string of the molecule is CO[C@@H]1[C@H](OC(=O)N[C@H]2C(=O)N3CCC(N4CCCC4)CC3C2C)CC[C@]2(CO2)[C@H]1[C@@]1(C)O[C@@H]1CC=C(C)C. The van der Waals surface area contributed by atoms with Crippen LogP contribution in [0.4, 0.5) is 4.79 Å². The van der Waals surface area contributed by atoms with Crippen molar-refractivity contribution in [2.45, 2.75) is 120 Å². The van der Waals surface area contributed by atoms with Crippen LogP contribution in [0.1, 0.15) is 72.6 Å². The van der Waals surface area contributed by atoms with Crippen LogP contribution in [0.3, 0.4) is 0 Å². The molecule has 0 aromatic carbocycles.